The summed E-state index contributed by atoms with van der Waals surface area (Å²) in [6.07, 6.45) is 0.0859. The Morgan fingerprint density at radius 2 is 2.32 bits per heavy atom. The number of rotatable bonds is 3. The third-order valence-electron chi connectivity index (χ3n) is 2.68. The van der Waals surface area contributed by atoms with E-state index in [1.54, 1.807) is 18.2 Å². The number of hydrogen-bond donors (Lipinski definition) is 2. The van der Waals surface area contributed by atoms with Crippen molar-refractivity contribution >= 4 is 57.4 Å². The Labute approximate surface area is 125 Å². The van der Waals surface area contributed by atoms with Crippen molar-refractivity contribution in [3.63, 3.8) is 0 Å². The van der Waals surface area contributed by atoms with Gasteiger partial charge in [0.05, 0.1) is 5.25 Å². The highest BCUT2D eigenvalue weighted by atomic mass is 35.5. The van der Waals surface area contributed by atoms with Gasteiger partial charge in [-0.05, 0) is 24.6 Å². The first-order chi connectivity index (χ1) is 8.97. The molecule has 1 aliphatic heterocycles. The summed E-state index contributed by atoms with van der Waals surface area (Å²) >= 11 is 12.1. The third-order valence-corrected chi connectivity index (χ3v) is 4.46. The topological polar surface area (TPSA) is 58.2 Å². The van der Waals surface area contributed by atoms with Crippen LogP contribution in [0.4, 0.5) is 5.69 Å². The Kier molecular flexibility index (Phi) is 4.44. The number of amides is 2. The van der Waals surface area contributed by atoms with E-state index in [4.69, 9.17) is 23.8 Å². The van der Waals surface area contributed by atoms with Crippen molar-refractivity contribution in [2.45, 2.75) is 18.6 Å². The molecule has 2 N–H and O–H groups in total. The van der Waals surface area contributed by atoms with Gasteiger partial charge < -0.3 is 10.6 Å². The third kappa shape index (κ3) is 3.46. The van der Waals surface area contributed by atoms with Crippen molar-refractivity contribution in [1.82, 2.24) is 5.32 Å². The smallest absolute Gasteiger partial charge is 0.239 e. The number of benzene rings is 1. The number of hydrogen-bond acceptors (Lipinski definition) is 4. The Balaban J connectivity index is 2.00. The maximum atomic E-state index is 11.9. The van der Waals surface area contributed by atoms with E-state index < -0.39 is 5.25 Å². The molecule has 0 bridgehead atoms. The number of thiocarbonyl (C=S) groups is 1. The summed E-state index contributed by atoms with van der Waals surface area (Å²) in [5.41, 5.74) is 1.46. The maximum absolute atomic E-state index is 11.9. The second kappa shape index (κ2) is 5.90. The van der Waals surface area contributed by atoms with Crippen molar-refractivity contribution in [3.05, 3.63) is 28.8 Å². The predicted molar refractivity (Wildman–Crippen MR) is 81.6 cm³/mol. The summed E-state index contributed by atoms with van der Waals surface area (Å²) in [5.74, 6) is -0.448. The fourth-order valence-corrected chi connectivity index (χ4v) is 3.08. The molecule has 0 spiro atoms. The molecule has 1 aliphatic rings. The molecule has 0 aromatic heterocycles. The van der Waals surface area contributed by atoms with E-state index in [1.165, 1.54) is 11.8 Å². The summed E-state index contributed by atoms with van der Waals surface area (Å²) in [7, 11) is 0. The summed E-state index contributed by atoms with van der Waals surface area (Å²) in [6, 6.07) is 5.29. The van der Waals surface area contributed by atoms with E-state index in [1.807, 2.05) is 6.92 Å². The average molecular weight is 315 g/mol. The van der Waals surface area contributed by atoms with Crippen LogP contribution in [0.3, 0.4) is 0 Å². The lowest BCUT2D eigenvalue weighted by Gasteiger charge is -2.10. The van der Waals surface area contributed by atoms with Crippen LogP contribution in [0.1, 0.15) is 12.0 Å². The van der Waals surface area contributed by atoms with E-state index in [2.05, 4.69) is 10.6 Å². The molecule has 2 amide bonds. The maximum Gasteiger partial charge on any atom is 0.239 e. The minimum Gasteiger partial charge on any atom is -0.326 e. The van der Waals surface area contributed by atoms with E-state index in [-0.39, 0.29) is 18.2 Å². The molecule has 0 radical (unpaired) electrons. The van der Waals surface area contributed by atoms with Gasteiger partial charge in [0.1, 0.15) is 4.32 Å². The van der Waals surface area contributed by atoms with Crippen LogP contribution in [-0.4, -0.2) is 21.4 Å². The molecule has 4 nitrogen and oxygen atoms in total. The zero-order chi connectivity index (χ0) is 14.0. The molecule has 19 heavy (non-hydrogen) atoms. The van der Waals surface area contributed by atoms with Crippen LogP contribution in [0.15, 0.2) is 18.2 Å². The van der Waals surface area contributed by atoms with Gasteiger partial charge in [-0.15, -0.1) is 0 Å². The summed E-state index contributed by atoms with van der Waals surface area (Å²) in [4.78, 5) is 23.4. The van der Waals surface area contributed by atoms with Gasteiger partial charge in [-0.25, -0.2) is 0 Å². The predicted octanol–water partition coefficient (Wildman–Crippen LogP) is 2.49. The van der Waals surface area contributed by atoms with Crippen molar-refractivity contribution < 1.29 is 9.59 Å². The number of thioether (sulfide) groups is 1. The molecule has 1 saturated heterocycles. The van der Waals surface area contributed by atoms with E-state index in [0.717, 1.165) is 5.56 Å². The van der Waals surface area contributed by atoms with Crippen LogP contribution in [0.2, 0.25) is 5.02 Å². The van der Waals surface area contributed by atoms with Crippen LogP contribution >= 0.6 is 35.6 Å². The van der Waals surface area contributed by atoms with Gasteiger partial charge in [-0.3, -0.25) is 9.59 Å². The summed E-state index contributed by atoms with van der Waals surface area (Å²) in [6.45, 7) is 1.82. The lowest BCUT2D eigenvalue weighted by atomic mass is 10.2. The molecule has 1 atom stereocenters. The molecular formula is C12H11ClN2O2S2. The highest BCUT2D eigenvalue weighted by molar-refractivity contribution is 8.24. The highest BCUT2D eigenvalue weighted by Crippen LogP contribution is 2.25. The SMILES string of the molecule is Cc1c(Cl)cccc1NC(=O)CC1SC(=S)NC1=O. The summed E-state index contributed by atoms with van der Waals surface area (Å²) < 4.78 is 0.418. The number of carbonyl (C=O) groups excluding carboxylic acids is 2. The van der Waals surface area contributed by atoms with E-state index in [9.17, 15) is 9.59 Å². The first kappa shape index (κ1) is 14.3. The largest absolute Gasteiger partial charge is 0.326 e. The average Bonchev–Trinajstić information content (AvgIpc) is 2.64. The van der Waals surface area contributed by atoms with Gasteiger partial charge in [-0.2, -0.15) is 0 Å². The van der Waals surface area contributed by atoms with Crippen molar-refractivity contribution in [3.8, 4) is 0 Å². The van der Waals surface area contributed by atoms with Crippen LogP contribution in [0, 0.1) is 6.92 Å². The molecule has 1 fully saturated rings. The fourth-order valence-electron chi connectivity index (χ4n) is 1.64. The number of halogens is 1. The molecule has 0 aliphatic carbocycles. The quantitative estimate of drug-likeness (QED) is 0.842. The Bertz CT molecular complexity index is 563. The molecule has 0 saturated carbocycles. The standard InChI is InChI=1S/C12H11ClN2O2S2/c1-6-7(13)3-2-4-8(6)14-10(16)5-9-11(17)15-12(18)19-9/h2-4,9H,5H2,1H3,(H,14,16)(H,15,17,18). The lowest BCUT2D eigenvalue weighted by molar-refractivity contribution is -0.122. The molecule has 100 valence electrons. The summed E-state index contributed by atoms with van der Waals surface area (Å²) in [5, 5.41) is 5.40. The second-order valence-corrected chi connectivity index (χ2v) is 6.33. The molecule has 1 unspecified atom stereocenters. The molecule has 1 aromatic carbocycles. The normalized spacial score (nSPS) is 18.3. The Morgan fingerprint density at radius 1 is 1.58 bits per heavy atom. The van der Waals surface area contributed by atoms with Gasteiger partial charge >= 0.3 is 0 Å². The first-order valence-corrected chi connectivity index (χ1v) is 7.20. The van der Waals surface area contributed by atoms with Crippen molar-refractivity contribution in [1.29, 1.82) is 0 Å². The number of carbonyl (C=O) groups is 2. The van der Waals surface area contributed by atoms with Crippen LogP contribution < -0.4 is 10.6 Å². The van der Waals surface area contributed by atoms with E-state index >= 15 is 0 Å². The zero-order valence-electron chi connectivity index (χ0n) is 10.0. The fraction of sp³-hybridized carbons (Fsp3) is 0.250. The van der Waals surface area contributed by atoms with Crippen molar-refractivity contribution in [2.24, 2.45) is 0 Å². The lowest BCUT2D eigenvalue weighted by Crippen LogP contribution is -2.27. The van der Waals surface area contributed by atoms with Crippen molar-refractivity contribution in [2.75, 3.05) is 5.32 Å². The minimum atomic E-state index is -0.452. The van der Waals surface area contributed by atoms with Crippen LogP contribution in [0.5, 0.6) is 0 Å². The highest BCUT2D eigenvalue weighted by Gasteiger charge is 2.31. The molecular weight excluding hydrogens is 304 g/mol. The molecule has 1 heterocycles. The monoisotopic (exact) mass is 314 g/mol. The molecule has 7 heteroatoms. The number of nitrogens with one attached hydrogen (secondary N) is 2. The van der Waals surface area contributed by atoms with Gasteiger partial charge in [0.15, 0.2) is 0 Å². The van der Waals surface area contributed by atoms with E-state index in [0.29, 0.717) is 15.0 Å². The van der Waals surface area contributed by atoms with Gasteiger partial charge in [0.25, 0.3) is 0 Å². The van der Waals surface area contributed by atoms with Gasteiger partial charge in [0, 0.05) is 17.1 Å². The van der Waals surface area contributed by atoms with Gasteiger partial charge in [-0.1, -0.05) is 41.6 Å². The molecule has 2 rings (SSSR count). The van der Waals surface area contributed by atoms with Crippen LogP contribution in [-0.2, 0) is 9.59 Å². The molecule has 1 aromatic rings. The Hall–Kier alpha value is -1.11. The number of anilines is 1. The van der Waals surface area contributed by atoms with Crippen LogP contribution in [0.25, 0.3) is 0 Å². The zero-order valence-corrected chi connectivity index (χ0v) is 12.4. The first-order valence-electron chi connectivity index (χ1n) is 5.54. The second-order valence-electron chi connectivity index (χ2n) is 4.05. The Morgan fingerprint density at radius 3 is 2.95 bits per heavy atom. The van der Waals surface area contributed by atoms with Gasteiger partial charge in [0.2, 0.25) is 11.8 Å². The minimum absolute atomic E-state index is 0.0859.